The van der Waals surface area contributed by atoms with Gasteiger partial charge in [-0.1, -0.05) is 0 Å². The van der Waals surface area contributed by atoms with Crippen LogP contribution < -0.4 is 42.5 Å². The quantitative estimate of drug-likeness (QED) is 0.436. The van der Waals surface area contributed by atoms with Gasteiger partial charge in [-0.25, -0.2) is 0 Å². The first-order valence-corrected chi connectivity index (χ1v) is 8.90. The normalized spacial score (nSPS) is 24.7. The molecule has 0 aromatic heterocycles. The molecule has 0 amide bonds. The molecular formula is C17H29Cl3N4Ti. The van der Waals surface area contributed by atoms with Gasteiger partial charge in [0.2, 0.25) is 0 Å². The first-order valence-electron chi connectivity index (χ1n) is 8.12. The van der Waals surface area contributed by atoms with E-state index in [2.05, 4.69) is 91.9 Å². The molecule has 0 aliphatic carbocycles. The number of hydrogen-bond donors (Lipinski definition) is 1. The monoisotopic (exact) mass is 442 g/mol. The molecule has 1 heterocycles. The summed E-state index contributed by atoms with van der Waals surface area (Å²) in [6, 6.07) is 10.9. The number of halogens is 3. The van der Waals surface area contributed by atoms with E-state index >= 15 is 0 Å². The number of nitrogens with one attached hydrogen (secondary N) is 1. The Labute approximate surface area is 183 Å². The smallest absolute Gasteiger partial charge is 1.00 e. The summed E-state index contributed by atoms with van der Waals surface area (Å²) in [7, 11) is 6.71. The summed E-state index contributed by atoms with van der Waals surface area (Å²) >= 11 is 2.37. The second-order valence-electron chi connectivity index (χ2n) is 6.44. The van der Waals surface area contributed by atoms with E-state index in [1.807, 2.05) is 0 Å². The third-order valence-corrected chi connectivity index (χ3v) is 5.85. The van der Waals surface area contributed by atoms with Crippen LogP contribution >= 0.6 is 0 Å². The van der Waals surface area contributed by atoms with Gasteiger partial charge in [0.05, 0.1) is 0 Å². The Morgan fingerprint density at radius 3 is 2.00 bits per heavy atom. The average molecular weight is 444 g/mol. The van der Waals surface area contributed by atoms with Crippen molar-refractivity contribution < 1.29 is 57.7 Å². The summed E-state index contributed by atoms with van der Waals surface area (Å²) in [4.78, 5) is 7.38. The van der Waals surface area contributed by atoms with Gasteiger partial charge in [-0.15, -0.1) is 0 Å². The fourth-order valence-corrected chi connectivity index (χ4v) is 3.76. The first-order chi connectivity index (χ1) is 10.5. The van der Waals surface area contributed by atoms with Crippen molar-refractivity contribution in [3.8, 4) is 0 Å². The maximum absolute atomic E-state index is 3.55. The van der Waals surface area contributed by atoms with E-state index in [9.17, 15) is 0 Å². The predicted octanol–water partition coefficient (Wildman–Crippen LogP) is -8.20. The van der Waals surface area contributed by atoms with Crippen molar-refractivity contribution in [2.24, 2.45) is 0 Å². The second kappa shape index (κ2) is 13.8. The Hall–Kier alpha value is 0.644. The van der Waals surface area contributed by atoms with Crippen LogP contribution in [0, 0.1) is 0 Å². The largest absolute Gasteiger partial charge is 1.00 e. The van der Waals surface area contributed by atoms with Gasteiger partial charge in [0.25, 0.3) is 0 Å². The topological polar surface area (TPSA) is 21.8 Å². The molecule has 0 bridgehead atoms. The minimum Gasteiger partial charge on any atom is -1.00 e. The number of hydrogen-bond acceptors (Lipinski definition) is 4. The molecule has 1 aromatic carbocycles. The van der Waals surface area contributed by atoms with Crippen molar-refractivity contribution in [1.82, 2.24) is 20.0 Å². The van der Waals surface area contributed by atoms with E-state index in [0.29, 0.717) is 0 Å². The summed E-state index contributed by atoms with van der Waals surface area (Å²) in [5.41, 5.74) is 1.40. The number of benzene rings is 1. The predicted molar refractivity (Wildman–Crippen MR) is 88.6 cm³/mol. The van der Waals surface area contributed by atoms with E-state index in [0.717, 1.165) is 45.8 Å². The van der Waals surface area contributed by atoms with Gasteiger partial charge < -0.3 is 37.2 Å². The molecule has 1 atom stereocenters. The molecule has 1 unspecified atom stereocenters. The van der Waals surface area contributed by atoms with Gasteiger partial charge in [-0.3, -0.25) is 0 Å². The van der Waals surface area contributed by atoms with Crippen LogP contribution in [0.3, 0.4) is 0 Å². The fourth-order valence-electron chi connectivity index (χ4n) is 2.90. The fraction of sp³-hybridized carbons (Fsp3) is 0.647. The van der Waals surface area contributed by atoms with Gasteiger partial charge >= 0.3 is 147 Å². The molecule has 1 aromatic rings. The standard InChI is InChI=1S/C17H29N4.3ClH.Ti/c1-19-11-9-18-10-12-20(2)15-17(21(3)14-13-19)16-7-5-4-6-8-16;;;;/h4-8,18H,9-15H2,1-3H3;3*1H;/q;;;;+3/p-3. The molecule has 1 saturated heterocycles. The van der Waals surface area contributed by atoms with E-state index in [-0.39, 0.29) is 41.1 Å². The number of rotatable bonds is 1. The summed E-state index contributed by atoms with van der Waals surface area (Å²) in [5, 5.41) is 3.55. The molecular weight excluding hydrogens is 414 g/mol. The summed E-state index contributed by atoms with van der Waals surface area (Å²) in [6.45, 7) is 7.54. The Morgan fingerprint density at radius 2 is 1.40 bits per heavy atom. The molecule has 1 aliphatic heterocycles. The van der Waals surface area contributed by atoms with E-state index in [1.54, 1.807) is 0 Å². The van der Waals surface area contributed by atoms with Crippen LogP contribution in [0.1, 0.15) is 5.56 Å². The summed E-state index contributed by atoms with van der Waals surface area (Å²) in [6.07, 6.45) is 0. The molecule has 1 fully saturated rings. The summed E-state index contributed by atoms with van der Waals surface area (Å²) in [5.74, 6) is 0. The van der Waals surface area contributed by atoms with Crippen molar-refractivity contribution in [3.05, 3.63) is 35.9 Å². The molecule has 2 rings (SSSR count). The van der Waals surface area contributed by atoms with E-state index < -0.39 is 0 Å². The molecule has 1 aliphatic rings. The summed E-state index contributed by atoms with van der Waals surface area (Å²) < 4.78 is 0.0377. The Kier molecular flexibility index (Phi) is 15.3. The van der Waals surface area contributed by atoms with Gasteiger partial charge in [0.15, 0.2) is 0 Å². The second-order valence-corrected chi connectivity index (χ2v) is 7.73. The van der Waals surface area contributed by atoms with Crippen molar-refractivity contribution in [3.63, 3.8) is 0 Å². The Morgan fingerprint density at radius 1 is 0.840 bits per heavy atom. The van der Waals surface area contributed by atoms with Crippen molar-refractivity contribution in [2.45, 2.75) is 3.84 Å². The Bertz CT molecular complexity index is 455. The van der Waals surface area contributed by atoms with Crippen LogP contribution in [-0.2, 0) is 24.3 Å². The van der Waals surface area contributed by atoms with Gasteiger partial charge in [-0.2, -0.15) is 0 Å². The van der Waals surface area contributed by atoms with Crippen LogP contribution in [0.4, 0.5) is 0 Å². The van der Waals surface area contributed by atoms with E-state index in [1.165, 1.54) is 5.56 Å². The van der Waals surface area contributed by atoms with Crippen LogP contribution in [0.2, 0.25) is 0 Å². The maximum atomic E-state index is 3.55. The van der Waals surface area contributed by atoms with Gasteiger partial charge in [-0.05, 0) is 0 Å². The van der Waals surface area contributed by atoms with Crippen LogP contribution in [0.5, 0.6) is 0 Å². The zero-order chi connectivity index (χ0) is 16.0. The third kappa shape index (κ3) is 8.46. The SMILES string of the molecule is CN1CCNCCN(C)C[C]([Ti+3])(c2ccccc2)N(C)CC1.[Cl-].[Cl-].[Cl-]. The minimum atomic E-state index is 0. The molecule has 1 N–H and O–H groups in total. The molecule has 142 valence electrons. The molecule has 0 saturated carbocycles. The number of nitrogens with zero attached hydrogens (tertiary/aromatic N) is 3. The van der Waals surface area contributed by atoms with Gasteiger partial charge in [0.1, 0.15) is 0 Å². The molecule has 0 spiro atoms. The molecule has 8 heteroatoms. The van der Waals surface area contributed by atoms with Crippen LogP contribution in [-0.4, -0.2) is 81.7 Å². The number of likely N-dealkylation sites (N-methyl/N-ethyl adjacent to an activating group) is 3. The zero-order valence-corrected chi connectivity index (χ0v) is 19.1. The van der Waals surface area contributed by atoms with Crippen LogP contribution in [0.25, 0.3) is 0 Å². The van der Waals surface area contributed by atoms with Crippen LogP contribution in [0.15, 0.2) is 30.3 Å². The average Bonchev–Trinajstić information content (AvgIpc) is 2.52. The first kappa shape index (κ1) is 27.9. The Balaban J connectivity index is 0. The van der Waals surface area contributed by atoms with Crippen molar-refractivity contribution in [1.29, 1.82) is 0 Å². The van der Waals surface area contributed by atoms with Crippen molar-refractivity contribution >= 4 is 0 Å². The maximum Gasteiger partial charge on any atom is -1.00 e. The van der Waals surface area contributed by atoms with E-state index in [4.69, 9.17) is 0 Å². The van der Waals surface area contributed by atoms with Crippen molar-refractivity contribution in [2.75, 3.05) is 67.0 Å². The zero-order valence-electron chi connectivity index (χ0n) is 15.3. The third-order valence-electron chi connectivity index (χ3n) is 4.56. The molecule has 4 nitrogen and oxygen atoms in total. The minimum absolute atomic E-state index is 0. The van der Waals surface area contributed by atoms with Gasteiger partial charge in [0, 0.05) is 0 Å². The molecule has 0 radical (unpaired) electrons. The molecule has 25 heavy (non-hydrogen) atoms.